The van der Waals surface area contributed by atoms with Gasteiger partial charge in [-0.05, 0) is 46.3 Å². The summed E-state index contributed by atoms with van der Waals surface area (Å²) in [6.07, 6.45) is 1.65. The Labute approximate surface area is 155 Å². The molecule has 0 aromatic heterocycles. The number of methoxy groups -OCH3 is 1. The Morgan fingerprint density at radius 2 is 1.96 bits per heavy atom. The van der Waals surface area contributed by atoms with Gasteiger partial charge in [0.15, 0.2) is 0 Å². The topological polar surface area (TPSA) is 56.8 Å². The van der Waals surface area contributed by atoms with Crippen LogP contribution < -0.4 is 14.8 Å². The smallest absolute Gasteiger partial charge is 0.255 e. The van der Waals surface area contributed by atoms with Crippen molar-refractivity contribution in [2.45, 2.75) is 0 Å². The maximum atomic E-state index is 12.5. The van der Waals surface area contributed by atoms with E-state index in [1.165, 1.54) is 0 Å². The zero-order valence-electron chi connectivity index (χ0n) is 14.0. The minimum atomic E-state index is -0.237. The van der Waals surface area contributed by atoms with Gasteiger partial charge in [0.2, 0.25) is 0 Å². The molecule has 25 heavy (non-hydrogen) atoms. The van der Waals surface area contributed by atoms with Crippen molar-refractivity contribution in [1.82, 2.24) is 0 Å². The van der Waals surface area contributed by atoms with E-state index in [1.807, 2.05) is 12.1 Å². The monoisotopic (exact) mass is 405 g/mol. The highest BCUT2D eigenvalue weighted by Gasteiger charge is 2.12. The third kappa shape index (κ3) is 5.62. The first-order valence-corrected chi connectivity index (χ1v) is 8.50. The van der Waals surface area contributed by atoms with E-state index in [0.717, 1.165) is 0 Å². The number of nitrogens with one attached hydrogen (secondary N) is 1. The van der Waals surface area contributed by atoms with E-state index in [4.69, 9.17) is 14.2 Å². The molecule has 1 N–H and O–H groups in total. The Bertz CT molecular complexity index is 733. The molecule has 0 unspecified atom stereocenters. The average molecular weight is 406 g/mol. The zero-order chi connectivity index (χ0) is 18.1. The van der Waals surface area contributed by atoms with Crippen molar-refractivity contribution < 1.29 is 19.0 Å². The molecule has 5 nitrogen and oxygen atoms in total. The van der Waals surface area contributed by atoms with Crippen LogP contribution in [0.4, 0.5) is 5.69 Å². The Balaban J connectivity index is 2.08. The zero-order valence-corrected chi connectivity index (χ0v) is 15.5. The second-order valence-electron chi connectivity index (χ2n) is 5.04. The number of rotatable bonds is 9. The van der Waals surface area contributed by atoms with Crippen molar-refractivity contribution in [3.05, 3.63) is 65.2 Å². The molecule has 0 aliphatic carbocycles. The number of hydrogen-bond donors (Lipinski definition) is 1. The highest BCUT2D eigenvalue weighted by molar-refractivity contribution is 9.10. The molecule has 1 amide bonds. The van der Waals surface area contributed by atoms with E-state index in [0.29, 0.717) is 47.0 Å². The van der Waals surface area contributed by atoms with Crippen LogP contribution in [0.5, 0.6) is 11.5 Å². The van der Waals surface area contributed by atoms with Gasteiger partial charge in [0.25, 0.3) is 5.91 Å². The number of ether oxygens (including phenoxy) is 3. The maximum Gasteiger partial charge on any atom is 0.255 e. The van der Waals surface area contributed by atoms with Gasteiger partial charge in [-0.2, -0.15) is 0 Å². The molecular weight excluding hydrogens is 386 g/mol. The number of halogens is 1. The summed E-state index contributed by atoms with van der Waals surface area (Å²) >= 11 is 3.42. The molecule has 0 saturated heterocycles. The third-order valence-electron chi connectivity index (χ3n) is 3.23. The van der Waals surface area contributed by atoms with Crippen LogP contribution in [-0.2, 0) is 4.74 Å². The minimum absolute atomic E-state index is 0.237. The van der Waals surface area contributed by atoms with Gasteiger partial charge in [-0.15, -0.1) is 0 Å². The lowest BCUT2D eigenvalue weighted by atomic mass is 10.2. The van der Waals surface area contributed by atoms with Crippen LogP contribution >= 0.6 is 15.9 Å². The highest BCUT2D eigenvalue weighted by Crippen LogP contribution is 2.28. The molecule has 0 fully saturated rings. The molecule has 0 aliphatic rings. The first-order valence-electron chi connectivity index (χ1n) is 7.71. The highest BCUT2D eigenvalue weighted by atomic mass is 79.9. The molecule has 0 saturated carbocycles. The van der Waals surface area contributed by atoms with Gasteiger partial charge in [-0.1, -0.05) is 24.8 Å². The lowest BCUT2D eigenvalue weighted by Crippen LogP contribution is -2.13. The van der Waals surface area contributed by atoms with E-state index in [9.17, 15) is 4.79 Å². The SMILES string of the molecule is C=CCOc1ccccc1NC(=O)c1ccc(OCCOC)c(Br)c1. The van der Waals surface area contributed by atoms with Crippen molar-refractivity contribution >= 4 is 27.5 Å². The normalized spacial score (nSPS) is 10.2. The largest absolute Gasteiger partial charge is 0.490 e. The summed E-state index contributed by atoms with van der Waals surface area (Å²) in [7, 11) is 1.61. The van der Waals surface area contributed by atoms with Gasteiger partial charge in [-0.25, -0.2) is 0 Å². The van der Waals surface area contributed by atoms with Crippen molar-refractivity contribution in [1.29, 1.82) is 0 Å². The second kappa shape index (κ2) is 9.86. The summed E-state index contributed by atoms with van der Waals surface area (Å²) in [5.74, 6) is 1.01. The van der Waals surface area contributed by atoms with E-state index in [-0.39, 0.29) is 5.91 Å². The molecule has 2 aromatic rings. The quantitative estimate of drug-likeness (QED) is 0.499. The van der Waals surface area contributed by atoms with E-state index in [2.05, 4.69) is 27.8 Å². The van der Waals surface area contributed by atoms with Gasteiger partial charge < -0.3 is 19.5 Å². The van der Waals surface area contributed by atoms with Gasteiger partial charge in [-0.3, -0.25) is 4.79 Å². The van der Waals surface area contributed by atoms with Crippen LogP contribution in [0.2, 0.25) is 0 Å². The van der Waals surface area contributed by atoms with E-state index in [1.54, 1.807) is 43.5 Å². The Kier molecular flexibility index (Phi) is 7.50. The molecule has 0 spiro atoms. The number of amides is 1. The fourth-order valence-corrected chi connectivity index (χ4v) is 2.53. The number of benzene rings is 2. The Morgan fingerprint density at radius 1 is 1.16 bits per heavy atom. The predicted octanol–water partition coefficient (Wildman–Crippen LogP) is 4.29. The number of anilines is 1. The molecule has 0 aliphatic heterocycles. The van der Waals surface area contributed by atoms with Crippen molar-refractivity contribution in [3.63, 3.8) is 0 Å². The average Bonchev–Trinajstić information content (AvgIpc) is 2.62. The number of para-hydroxylation sites is 2. The van der Waals surface area contributed by atoms with Gasteiger partial charge >= 0.3 is 0 Å². The van der Waals surface area contributed by atoms with Gasteiger partial charge in [0, 0.05) is 12.7 Å². The summed E-state index contributed by atoms with van der Waals surface area (Å²) in [6.45, 7) is 4.92. The number of hydrogen-bond acceptors (Lipinski definition) is 4. The van der Waals surface area contributed by atoms with Crippen molar-refractivity contribution in [3.8, 4) is 11.5 Å². The van der Waals surface area contributed by atoms with Crippen molar-refractivity contribution in [2.24, 2.45) is 0 Å². The summed E-state index contributed by atoms with van der Waals surface area (Å²) in [5.41, 5.74) is 1.11. The van der Waals surface area contributed by atoms with Crippen LogP contribution in [-0.4, -0.2) is 32.8 Å². The summed E-state index contributed by atoms with van der Waals surface area (Å²) in [5, 5.41) is 2.85. The lowest BCUT2D eigenvalue weighted by molar-refractivity contribution is 0.102. The molecule has 0 heterocycles. The second-order valence-corrected chi connectivity index (χ2v) is 5.89. The summed E-state index contributed by atoms with van der Waals surface area (Å²) in [4.78, 5) is 12.5. The van der Waals surface area contributed by atoms with Crippen LogP contribution in [0, 0.1) is 0 Å². The standard InChI is InChI=1S/C19H20BrNO4/c1-3-10-24-18-7-5-4-6-16(18)21-19(22)14-8-9-17(15(20)13-14)25-12-11-23-2/h3-9,13H,1,10-12H2,2H3,(H,21,22). The van der Waals surface area contributed by atoms with Crippen molar-refractivity contribution in [2.75, 3.05) is 32.2 Å². The molecule has 0 radical (unpaired) electrons. The molecule has 2 rings (SSSR count). The summed E-state index contributed by atoms with van der Waals surface area (Å²) in [6, 6.07) is 12.4. The molecule has 6 heteroatoms. The van der Waals surface area contributed by atoms with Crippen LogP contribution in [0.15, 0.2) is 59.6 Å². The Hall–Kier alpha value is -2.31. The van der Waals surface area contributed by atoms with Crippen LogP contribution in [0.25, 0.3) is 0 Å². The molecule has 0 bridgehead atoms. The van der Waals surface area contributed by atoms with Crippen LogP contribution in [0.3, 0.4) is 0 Å². The van der Waals surface area contributed by atoms with Gasteiger partial charge in [0.1, 0.15) is 24.7 Å². The molecule has 132 valence electrons. The lowest BCUT2D eigenvalue weighted by Gasteiger charge is -2.12. The van der Waals surface area contributed by atoms with Gasteiger partial charge in [0.05, 0.1) is 16.8 Å². The first kappa shape index (κ1) is 19.0. The fourth-order valence-electron chi connectivity index (χ4n) is 2.03. The van der Waals surface area contributed by atoms with Crippen LogP contribution in [0.1, 0.15) is 10.4 Å². The minimum Gasteiger partial charge on any atom is -0.490 e. The third-order valence-corrected chi connectivity index (χ3v) is 3.85. The first-order chi connectivity index (χ1) is 12.2. The summed E-state index contributed by atoms with van der Waals surface area (Å²) < 4.78 is 16.8. The predicted molar refractivity (Wildman–Crippen MR) is 102 cm³/mol. The number of carbonyl (C=O) groups excluding carboxylic acids is 1. The molecular formula is C19H20BrNO4. The Morgan fingerprint density at radius 3 is 2.68 bits per heavy atom. The maximum absolute atomic E-state index is 12.5. The molecule has 2 aromatic carbocycles. The number of carbonyl (C=O) groups is 1. The fraction of sp³-hybridized carbons (Fsp3) is 0.211. The molecule has 0 atom stereocenters. The van der Waals surface area contributed by atoms with E-state index >= 15 is 0 Å². The van der Waals surface area contributed by atoms with E-state index < -0.39 is 0 Å².